The third kappa shape index (κ3) is 4.01. The summed E-state index contributed by atoms with van der Waals surface area (Å²) in [5.41, 5.74) is 1.16. The Balaban J connectivity index is 2.21. The third-order valence-corrected chi connectivity index (χ3v) is 3.58. The summed E-state index contributed by atoms with van der Waals surface area (Å²) in [7, 11) is 0. The zero-order valence-electron chi connectivity index (χ0n) is 13.9. The first-order valence-electron chi connectivity index (χ1n) is 8.03. The summed E-state index contributed by atoms with van der Waals surface area (Å²) >= 11 is 0. The molecule has 0 aliphatic rings. The zero-order valence-corrected chi connectivity index (χ0v) is 13.9. The van der Waals surface area contributed by atoms with Crippen molar-refractivity contribution in [2.45, 2.75) is 33.2 Å². The van der Waals surface area contributed by atoms with Crippen LogP contribution in [0.5, 0.6) is 0 Å². The fraction of sp³-hybridized carbons (Fsp3) is 0.389. The summed E-state index contributed by atoms with van der Waals surface area (Å²) in [4.78, 5) is 35.4. The van der Waals surface area contributed by atoms with E-state index in [9.17, 15) is 14.4 Å². The molecule has 24 heavy (non-hydrogen) atoms. The van der Waals surface area contributed by atoms with Crippen molar-refractivity contribution in [3.8, 4) is 0 Å². The molecule has 0 radical (unpaired) electrons. The van der Waals surface area contributed by atoms with Gasteiger partial charge in [0.1, 0.15) is 0 Å². The number of rotatable bonds is 8. The van der Waals surface area contributed by atoms with Crippen LogP contribution < -0.4 is 0 Å². The maximum absolute atomic E-state index is 12.3. The smallest absolute Gasteiger partial charge is 0.379 e. The average molecular weight is 331 g/mol. The number of aromatic nitrogens is 1. The van der Waals surface area contributed by atoms with E-state index in [1.54, 1.807) is 26.1 Å². The predicted octanol–water partition coefficient (Wildman–Crippen LogP) is 2.73. The molecule has 1 aromatic heterocycles. The largest absolute Gasteiger partial charge is 0.466 e. The molecule has 2 aromatic rings. The molecule has 1 aromatic carbocycles. The molecule has 2 rings (SSSR count). The number of nitrogens with zero attached hydrogens (tertiary/aromatic N) is 1. The molecule has 0 fully saturated rings. The molecule has 0 spiro atoms. The third-order valence-electron chi connectivity index (χ3n) is 3.58. The molecule has 6 heteroatoms. The lowest BCUT2D eigenvalue weighted by atomic mass is 10.1. The summed E-state index contributed by atoms with van der Waals surface area (Å²) in [5.74, 6) is -1.75. The monoisotopic (exact) mass is 331 g/mol. The van der Waals surface area contributed by atoms with E-state index in [0.717, 1.165) is 5.52 Å². The van der Waals surface area contributed by atoms with Crippen LogP contribution in [0.4, 0.5) is 0 Å². The maximum Gasteiger partial charge on any atom is 0.379 e. The van der Waals surface area contributed by atoms with E-state index >= 15 is 0 Å². The van der Waals surface area contributed by atoms with Crippen molar-refractivity contribution in [2.24, 2.45) is 0 Å². The van der Waals surface area contributed by atoms with E-state index in [0.29, 0.717) is 36.9 Å². The number of carbonyl (C=O) groups is 3. The lowest BCUT2D eigenvalue weighted by Crippen LogP contribution is -2.17. The van der Waals surface area contributed by atoms with Crippen molar-refractivity contribution in [1.82, 2.24) is 4.57 Å². The Labute approximate surface area is 140 Å². The highest BCUT2D eigenvalue weighted by molar-refractivity contribution is 6.43. The van der Waals surface area contributed by atoms with Gasteiger partial charge < -0.3 is 14.0 Å². The molecule has 0 amide bonds. The molecule has 0 aliphatic carbocycles. The van der Waals surface area contributed by atoms with Gasteiger partial charge in [0.05, 0.1) is 18.8 Å². The Morgan fingerprint density at radius 2 is 1.75 bits per heavy atom. The normalized spacial score (nSPS) is 10.6. The highest BCUT2D eigenvalue weighted by atomic mass is 16.5. The van der Waals surface area contributed by atoms with E-state index in [1.807, 2.05) is 22.8 Å². The van der Waals surface area contributed by atoms with Gasteiger partial charge in [0.15, 0.2) is 0 Å². The Morgan fingerprint density at radius 1 is 1.04 bits per heavy atom. The highest BCUT2D eigenvalue weighted by Gasteiger charge is 2.22. The van der Waals surface area contributed by atoms with Crippen molar-refractivity contribution >= 4 is 28.6 Å². The highest BCUT2D eigenvalue weighted by Crippen LogP contribution is 2.22. The van der Waals surface area contributed by atoms with Gasteiger partial charge in [-0.2, -0.15) is 0 Å². The number of benzene rings is 1. The van der Waals surface area contributed by atoms with Crippen molar-refractivity contribution in [1.29, 1.82) is 0 Å². The standard InChI is InChI=1S/C18H21NO5/c1-3-23-16(20)10-7-11-19-12-14(17(21)18(22)24-4-2)13-8-5-6-9-15(13)19/h5-6,8-9,12H,3-4,7,10-11H2,1-2H3. The molecule has 0 atom stereocenters. The fourth-order valence-electron chi connectivity index (χ4n) is 2.55. The summed E-state index contributed by atoms with van der Waals surface area (Å²) in [6.07, 6.45) is 2.54. The Morgan fingerprint density at radius 3 is 2.46 bits per heavy atom. The minimum atomic E-state index is -0.855. The molecule has 6 nitrogen and oxygen atoms in total. The van der Waals surface area contributed by atoms with Crippen molar-refractivity contribution < 1.29 is 23.9 Å². The average Bonchev–Trinajstić information content (AvgIpc) is 2.94. The summed E-state index contributed by atoms with van der Waals surface area (Å²) in [6, 6.07) is 7.35. The van der Waals surface area contributed by atoms with Crippen LogP contribution in [0.25, 0.3) is 10.9 Å². The van der Waals surface area contributed by atoms with Crippen LogP contribution in [0.15, 0.2) is 30.5 Å². The number of hydrogen-bond donors (Lipinski definition) is 0. The molecule has 1 heterocycles. The van der Waals surface area contributed by atoms with Crippen LogP contribution in [0.1, 0.15) is 37.0 Å². The van der Waals surface area contributed by atoms with E-state index in [-0.39, 0.29) is 12.6 Å². The van der Waals surface area contributed by atoms with Crippen LogP contribution in [0, 0.1) is 0 Å². The van der Waals surface area contributed by atoms with Crippen LogP contribution in [-0.2, 0) is 25.6 Å². The zero-order chi connectivity index (χ0) is 17.5. The number of fused-ring (bicyclic) bond motifs is 1. The molecule has 0 saturated heterocycles. The van der Waals surface area contributed by atoms with Crippen LogP contribution in [-0.4, -0.2) is 35.5 Å². The number of ketones is 1. The van der Waals surface area contributed by atoms with Gasteiger partial charge in [-0.3, -0.25) is 9.59 Å². The van der Waals surface area contributed by atoms with Crippen LogP contribution >= 0.6 is 0 Å². The minimum Gasteiger partial charge on any atom is -0.466 e. The summed E-state index contributed by atoms with van der Waals surface area (Å²) in [6.45, 7) is 4.50. The first-order chi connectivity index (χ1) is 11.6. The predicted molar refractivity (Wildman–Crippen MR) is 88.8 cm³/mol. The molecule has 0 aliphatic heterocycles. The minimum absolute atomic E-state index is 0.156. The van der Waals surface area contributed by atoms with Crippen LogP contribution in [0.2, 0.25) is 0 Å². The Bertz CT molecular complexity index is 747. The van der Waals surface area contributed by atoms with Crippen LogP contribution in [0.3, 0.4) is 0 Å². The lowest BCUT2D eigenvalue weighted by molar-refractivity contribution is -0.143. The number of ether oxygens (including phenoxy) is 2. The van der Waals surface area contributed by atoms with Crippen molar-refractivity contribution in [3.05, 3.63) is 36.0 Å². The second-order valence-electron chi connectivity index (χ2n) is 5.21. The number of carbonyl (C=O) groups excluding carboxylic acids is 3. The number of esters is 2. The van der Waals surface area contributed by atoms with Gasteiger partial charge in [0.25, 0.3) is 5.78 Å². The second-order valence-corrected chi connectivity index (χ2v) is 5.21. The van der Waals surface area contributed by atoms with Crippen molar-refractivity contribution in [3.63, 3.8) is 0 Å². The Kier molecular flexibility index (Phi) is 6.12. The fourth-order valence-corrected chi connectivity index (χ4v) is 2.55. The first-order valence-corrected chi connectivity index (χ1v) is 8.03. The molecule has 0 bridgehead atoms. The molecule has 128 valence electrons. The van der Waals surface area contributed by atoms with Gasteiger partial charge in [0.2, 0.25) is 0 Å². The van der Waals surface area contributed by atoms with E-state index < -0.39 is 11.8 Å². The van der Waals surface area contributed by atoms with E-state index in [1.165, 1.54) is 0 Å². The van der Waals surface area contributed by atoms with Gasteiger partial charge >= 0.3 is 11.9 Å². The van der Waals surface area contributed by atoms with Gasteiger partial charge in [-0.25, -0.2) is 4.79 Å². The van der Waals surface area contributed by atoms with Crippen molar-refractivity contribution in [2.75, 3.05) is 13.2 Å². The molecule has 0 saturated carbocycles. The maximum atomic E-state index is 12.3. The molecular formula is C18H21NO5. The molecule has 0 unspecified atom stereocenters. The number of hydrogen-bond acceptors (Lipinski definition) is 5. The summed E-state index contributed by atoms with van der Waals surface area (Å²) in [5, 5.41) is 0.701. The first kappa shape index (κ1) is 17.7. The number of para-hydroxylation sites is 1. The molecule has 0 N–H and O–H groups in total. The second kappa shape index (κ2) is 8.29. The topological polar surface area (TPSA) is 74.6 Å². The SMILES string of the molecule is CCOC(=O)CCCn1cc(C(=O)C(=O)OCC)c2ccccc21. The van der Waals surface area contributed by atoms with Gasteiger partial charge in [0, 0.05) is 30.1 Å². The Hall–Kier alpha value is -2.63. The van der Waals surface area contributed by atoms with Gasteiger partial charge in [-0.1, -0.05) is 18.2 Å². The van der Waals surface area contributed by atoms with Gasteiger partial charge in [-0.05, 0) is 26.3 Å². The number of Topliss-reactive ketones (excluding diaryl/α,β-unsaturated/α-hetero) is 1. The van der Waals surface area contributed by atoms with E-state index in [4.69, 9.17) is 9.47 Å². The van der Waals surface area contributed by atoms with Gasteiger partial charge in [-0.15, -0.1) is 0 Å². The quantitative estimate of drug-likeness (QED) is 0.422. The number of aryl methyl sites for hydroxylation is 1. The lowest BCUT2D eigenvalue weighted by Gasteiger charge is -2.05. The summed E-state index contributed by atoms with van der Waals surface area (Å²) < 4.78 is 11.6. The molecular weight excluding hydrogens is 310 g/mol. The van der Waals surface area contributed by atoms with E-state index in [2.05, 4.69) is 0 Å².